The highest BCUT2D eigenvalue weighted by Gasteiger charge is 2.30. The van der Waals surface area contributed by atoms with Crippen molar-refractivity contribution in [1.82, 2.24) is 30.7 Å². The topological polar surface area (TPSA) is 124 Å². The Labute approximate surface area is 198 Å². The summed E-state index contributed by atoms with van der Waals surface area (Å²) in [4.78, 5) is 32.2. The maximum atomic E-state index is 13.1. The molecule has 6 bridgehead atoms. The van der Waals surface area contributed by atoms with Crippen LogP contribution in [0.5, 0.6) is 0 Å². The number of pyridine rings is 1. The summed E-state index contributed by atoms with van der Waals surface area (Å²) in [5.74, 6) is 1.24. The lowest BCUT2D eigenvalue weighted by atomic mass is 9.97. The number of fused-ring (bicyclic) bond motifs is 7. The lowest BCUT2D eigenvalue weighted by molar-refractivity contribution is 0.0947. The molecule has 4 heterocycles. The summed E-state index contributed by atoms with van der Waals surface area (Å²) in [6.07, 6.45) is 5.64. The molecule has 2 amide bonds. The van der Waals surface area contributed by atoms with Gasteiger partial charge in [-0.15, -0.1) is 0 Å². The molecule has 2 aromatic rings. The van der Waals surface area contributed by atoms with Crippen molar-refractivity contribution in [3.05, 3.63) is 41.2 Å². The summed E-state index contributed by atoms with van der Waals surface area (Å²) >= 11 is 0. The second-order valence-electron chi connectivity index (χ2n) is 9.24. The van der Waals surface area contributed by atoms with E-state index in [1.165, 1.54) is 0 Å². The second-order valence-corrected chi connectivity index (χ2v) is 9.24. The van der Waals surface area contributed by atoms with E-state index in [-0.39, 0.29) is 17.9 Å². The number of amides is 2. The minimum Gasteiger partial charge on any atom is -0.446 e. The summed E-state index contributed by atoms with van der Waals surface area (Å²) in [5.41, 5.74) is 3.38. The molecule has 2 atom stereocenters. The van der Waals surface area contributed by atoms with Gasteiger partial charge in [-0.25, -0.2) is 9.78 Å². The number of nitrogens with zero attached hydrogens (tertiary/aromatic N) is 3. The number of anilines is 2. The van der Waals surface area contributed by atoms with Gasteiger partial charge in [0.2, 0.25) is 0 Å². The number of alkyl carbamates (subject to hydrolysis) is 1. The van der Waals surface area contributed by atoms with E-state index >= 15 is 0 Å². The van der Waals surface area contributed by atoms with Gasteiger partial charge in [-0.3, -0.25) is 9.89 Å². The van der Waals surface area contributed by atoms with Crippen LogP contribution in [-0.4, -0.2) is 71.4 Å². The monoisotopic (exact) mass is 465 g/mol. The Morgan fingerprint density at radius 1 is 1.12 bits per heavy atom. The van der Waals surface area contributed by atoms with Crippen molar-refractivity contribution in [3.63, 3.8) is 0 Å². The Hall–Kier alpha value is -3.40. The lowest BCUT2D eigenvalue weighted by Gasteiger charge is -2.23. The number of H-pyrrole nitrogens is 1. The predicted molar refractivity (Wildman–Crippen MR) is 128 cm³/mol. The standard InChI is InChI=1S/C24H31N7O3/c1-31-11-7-15(8-12-31)18-5-6-20-27-21-14-19(29-30-21)16-3-4-17(13-16)34-24(33)26-10-2-9-25-23(32)22(18)28-20/h5-7,14,16-17H,2-4,8-13H2,1H3,(H,25,32)(H,26,33)(H2,27,28,29,30)/t16-,17+/m0/s1. The minimum absolute atomic E-state index is 0.103. The van der Waals surface area contributed by atoms with Crippen LogP contribution in [0.3, 0.4) is 0 Å². The molecule has 0 saturated heterocycles. The first kappa shape index (κ1) is 22.4. The van der Waals surface area contributed by atoms with Crippen molar-refractivity contribution in [2.45, 2.75) is 44.1 Å². The average Bonchev–Trinajstić information content (AvgIpc) is 3.48. The summed E-state index contributed by atoms with van der Waals surface area (Å²) in [5, 5.41) is 16.5. The maximum absolute atomic E-state index is 13.1. The fourth-order valence-electron chi connectivity index (χ4n) is 4.80. The third-order valence-electron chi connectivity index (χ3n) is 6.73. The molecule has 2 aliphatic heterocycles. The highest BCUT2D eigenvalue weighted by molar-refractivity contribution is 5.98. The van der Waals surface area contributed by atoms with Gasteiger partial charge in [0.1, 0.15) is 17.6 Å². The number of nitrogens with one attached hydrogen (secondary N) is 4. The van der Waals surface area contributed by atoms with Crippen LogP contribution in [0, 0.1) is 0 Å². The molecule has 3 aliphatic rings. The van der Waals surface area contributed by atoms with Crippen molar-refractivity contribution in [1.29, 1.82) is 0 Å². The zero-order valence-electron chi connectivity index (χ0n) is 19.4. The SMILES string of the molecule is CN1CC=C(c2ccc3nc2C(=O)NCCCNC(=O)O[C@@H]2CC[C@@H](C2)c2cc(n[nH]2)N3)CC1. The Kier molecular flexibility index (Phi) is 6.48. The Morgan fingerprint density at radius 2 is 2.00 bits per heavy atom. The van der Waals surface area contributed by atoms with Crippen molar-refractivity contribution in [2.75, 3.05) is 38.5 Å². The predicted octanol–water partition coefficient (Wildman–Crippen LogP) is 2.76. The van der Waals surface area contributed by atoms with Crippen LogP contribution >= 0.6 is 0 Å². The Bertz CT molecular complexity index is 1100. The number of carbonyl (C=O) groups excluding carboxylic acids is 2. The fraction of sp³-hybridized carbons (Fsp3) is 0.500. The van der Waals surface area contributed by atoms with Gasteiger partial charge in [0, 0.05) is 49.4 Å². The minimum atomic E-state index is -0.407. The average molecular weight is 466 g/mol. The van der Waals surface area contributed by atoms with Gasteiger partial charge in [-0.05, 0) is 56.9 Å². The second kappa shape index (κ2) is 9.84. The van der Waals surface area contributed by atoms with Gasteiger partial charge < -0.3 is 25.6 Å². The number of carbonyl (C=O) groups is 2. The molecular formula is C24H31N7O3. The van der Waals surface area contributed by atoms with E-state index in [0.29, 0.717) is 36.8 Å². The van der Waals surface area contributed by atoms with Gasteiger partial charge >= 0.3 is 6.09 Å². The van der Waals surface area contributed by atoms with Gasteiger partial charge in [0.15, 0.2) is 5.82 Å². The van der Waals surface area contributed by atoms with E-state index in [0.717, 1.165) is 55.6 Å². The number of hydrogen-bond donors (Lipinski definition) is 4. The quantitative estimate of drug-likeness (QED) is 0.510. The van der Waals surface area contributed by atoms with Crippen LogP contribution in [0.15, 0.2) is 24.3 Å². The fourth-order valence-corrected chi connectivity index (χ4v) is 4.80. The van der Waals surface area contributed by atoms with Gasteiger partial charge in [0.25, 0.3) is 5.91 Å². The molecule has 34 heavy (non-hydrogen) atoms. The van der Waals surface area contributed by atoms with Gasteiger partial charge in [-0.2, -0.15) is 5.10 Å². The van der Waals surface area contributed by atoms with Crippen molar-refractivity contribution < 1.29 is 14.3 Å². The molecule has 2 aromatic heterocycles. The van der Waals surface area contributed by atoms with Gasteiger partial charge in [0.05, 0.1) is 0 Å². The molecular weight excluding hydrogens is 434 g/mol. The number of rotatable bonds is 1. The number of likely N-dealkylation sites (N-methyl/N-ethyl adjacent to an activating group) is 1. The molecule has 0 unspecified atom stereocenters. The molecule has 1 saturated carbocycles. The lowest BCUT2D eigenvalue weighted by Crippen LogP contribution is -2.32. The number of hydrogen-bond acceptors (Lipinski definition) is 7. The third kappa shape index (κ3) is 5.06. The smallest absolute Gasteiger partial charge is 0.407 e. The molecule has 5 rings (SSSR count). The van der Waals surface area contributed by atoms with Crippen molar-refractivity contribution in [3.8, 4) is 0 Å². The summed E-state index contributed by atoms with van der Waals surface area (Å²) in [6.45, 7) is 2.63. The molecule has 4 N–H and O–H groups in total. The molecule has 0 spiro atoms. The van der Waals surface area contributed by atoms with Crippen LogP contribution in [-0.2, 0) is 4.74 Å². The summed E-state index contributed by atoms with van der Waals surface area (Å²) in [7, 11) is 2.08. The van der Waals surface area contributed by atoms with E-state index < -0.39 is 6.09 Å². The van der Waals surface area contributed by atoms with Crippen molar-refractivity contribution in [2.24, 2.45) is 0 Å². The zero-order valence-corrected chi connectivity index (χ0v) is 19.4. The highest BCUT2D eigenvalue weighted by atomic mass is 16.6. The van der Waals surface area contributed by atoms with E-state index in [1.54, 1.807) is 0 Å². The van der Waals surface area contributed by atoms with Crippen LogP contribution in [0.25, 0.3) is 5.57 Å². The maximum Gasteiger partial charge on any atom is 0.407 e. The van der Waals surface area contributed by atoms with E-state index in [9.17, 15) is 9.59 Å². The normalized spacial score (nSPS) is 24.1. The van der Waals surface area contributed by atoms with E-state index in [2.05, 4.69) is 49.2 Å². The molecule has 10 heteroatoms. The number of aromatic nitrogens is 3. The number of aromatic amines is 1. The first-order valence-electron chi connectivity index (χ1n) is 12.0. The Morgan fingerprint density at radius 3 is 2.85 bits per heavy atom. The highest BCUT2D eigenvalue weighted by Crippen LogP contribution is 2.36. The zero-order chi connectivity index (χ0) is 23.5. The van der Waals surface area contributed by atoms with E-state index in [1.807, 2.05) is 18.2 Å². The first-order chi connectivity index (χ1) is 16.5. The third-order valence-corrected chi connectivity index (χ3v) is 6.73. The largest absolute Gasteiger partial charge is 0.446 e. The molecule has 1 fully saturated rings. The van der Waals surface area contributed by atoms with Crippen LogP contribution in [0.4, 0.5) is 16.4 Å². The first-order valence-corrected chi connectivity index (χ1v) is 12.0. The molecule has 10 nitrogen and oxygen atoms in total. The van der Waals surface area contributed by atoms with Crippen LogP contribution in [0.2, 0.25) is 0 Å². The van der Waals surface area contributed by atoms with Crippen LogP contribution < -0.4 is 16.0 Å². The van der Waals surface area contributed by atoms with Gasteiger partial charge in [-0.1, -0.05) is 6.08 Å². The molecule has 180 valence electrons. The number of ether oxygens (including phenoxy) is 1. The van der Waals surface area contributed by atoms with Crippen LogP contribution in [0.1, 0.15) is 59.8 Å². The summed E-state index contributed by atoms with van der Waals surface area (Å²) in [6, 6.07) is 5.82. The Balaban J connectivity index is 1.43. The molecule has 0 radical (unpaired) electrons. The molecule has 0 aromatic carbocycles. The van der Waals surface area contributed by atoms with E-state index in [4.69, 9.17) is 4.74 Å². The summed E-state index contributed by atoms with van der Waals surface area (Å²) < 4.78 is 5.57. The molecule has 1 aliphatic carbocycles. The van der Waals surface area contributed by atoms with Crippen molar-refractivity contribution >= 4 is 29.2 Å².